The van der Waals surface area contributed by atoms with Gasteiger partial charge in [0.15, 0.2) is 0 Å². The maximum atomic E-state index is 11.4. The van der Waals surface area contributed by atoms with Crippen molar-refractivity contribution < 1.29 is 28.7 Å². The van der Waals surface area contributed by atoms with Crippen molar-refractivity contribution in [2.45, 2.75) is 0 Å². The zero-order valence-corrected chi connectivity index (χ0v) is 11.3. The Morgan fingerprint density at radius 3 is 1.89 bits per heavy atom. The third-order valence-corrected chi connectivity index (χ3v) is 5.29. The van der Waals surface area contributed by atoms with Crippen LogP contribution in [0.25, 0.3) is 10.8 Å². The summed E-state index contributed by atoms with van der Waals surface area (Å²) in [4.78, 5) is 36.7. The van der Waals surface area contributed by atoms with Gasteiger partial charge in [-0.05, 0) is 11.5 Å². The molecule has 0 saturated carbocycles. The molecule has 0 saturated heterocycles. The van der Waals surface area contributed by atoms with Crippen molar-refractivity contribution in [1.82, 2.24) is 0 Å². The fourth-order valence-corrected chi connectivity index (χ4v) is 3.94. The van der Waals surface area contributed by atoms with Gasteiger partial charge in [0.2, 0.25) is 0 Å². The predicted molar refractivity (Wildman–Crippen MR) is 70.5 cm³/mol. The van der Waals surface area contributed by atoms with Crippen LogP contribution in [-0.2, 0) is 9.13 Å². The average molecular weight is 303 g/mol. The smallest absolute Gasteiger partial charge is 0.308 e. The average Bonchev–Trinajstić information content (AvgIpc) is 2.25. The van der Waals surface area contributed by atoms with E-state index in [0.717, 1.165) is 0 Å². The van der Waals surface area contributed by atoms with Crippen LogP contribution in [-0.4, -0.2) is 19.6 Å². The number of anilines is 1. The molecule has 0 spiro atoms. The quantitative estimate of drug-likeness (QED) is 0.639. The van der Waals surface area contributed by atoms with E-state index in [1.165, 1.54) is 18.2 Å². The van der Waals surface area contributed by atoms with Gasteiger partial charge >= 0.3 is 15.5 Å². The molecule has 0 aliphatic carbocycles. The van der Waals surface area contributed by atoms with Crippen molar-refractivity contribution in [2.24, 2.45) is 0 Å². The van der Waals surface area contributed by atoms with Crippen LogP contribution in [0.4, 0.5) is 5.69 Å². The summed E-state index contributed by atoms with van der Waals surface area (Å²) in [5, 5.41) is 0.962. The minimum absolute atomic E-state index is 0.150. The van der Waals surface area contributed by atoms with Gasteiger partial charge in [-0.3, -0.25) is 0 Å². The molecule has 0 aliphatic heterocycles. The SMILES string of the molecule is O=P(O)(O)N(c1cccc2ccccc12)P(=O)(O)O. The van der Waals surface area contributed by atoms with Gasteiger partial charge < -0.3 is 19.6 Å². The maximum absolute atomic E-state index is 11.4. The summed E-state index contributed by atoms with van der Waals surface area (Å²) in [7, 11) is -10.3. The predicted octanol–water partition coefficient (Wildman–Crippen LogP) is 1.83. The number of benzene rings is 2. The van der Waals surface area contributed by atoms with Crippen LogP contribution in [0.3, 0.4) is 0 Å². The van der Waals surface area contributed by atoms with E-state index in [2.05, 4.69) is 0 Å². The second-order valence-electron chi connectivity index (χ2n) is 3.81. The highest BCUT2D eigenvalue weighted by Crippen LogP contribution is 2.61. The van der Waals surface area contributed by atoms with Gasteiger partial charge in [0.25, 0.3) is 0 Å². The molecule has 9 heteroatoms. The molecule has 0 heterocycles. The van der Waals surface area contributed by atoms with Crippen molar-refractivity contribution in [1.29, 1.82) is 0 Å². The lowest BCUT2D eigenvalue weighted by Crippen LogP contribution is -2.15. The first-order valence-electron chi connectivity index (χ1n) is 5.11. The van der Waals surface area contributed by atoms with Crippen LogP contribution in [0.5, 0.6) is 0 Å². The topological polar surface area (TPSA) is 118 Å². The van der Waals surface area contributed by atoms with Crippen molar-refractivity contribution in [3.05, 3.63) is 42.5 Å². The molecule has 2 aromatic carbocycles. The fraction of sp³-hybridized carbons (Fsp3) is 0. The molecule has 0 amide bonds. The third kappa shape index (κ3) is 2.87. The number of fused-ring (bicyclic) bond motifs is 1. The molecule has 0 aromatic heterocycles. The third-order valence-electron chi connectivity index (χ3n) is 2.48. The second-order valence-corrected chi connectivity index (χ2v) is 6.98. The molecule has 0 atom stereocenters. The van der Waals surface area contributed by atoms with Crippen molar-refractivity contribution in [3.63, 3.8) is 0 Å². The number of rotatable bonds is 3. The molecular formula is C10H11NO6P2. The minimum atomic E-state index is -5.15. The normalized spacial score (nSPS) is 12.6. The van der Waals surface area contributed by atoms with E-state index < -0.39 is 15.5 Å². The molecule has 7 nitrogen and oxygen atoms in total. The van der Waals surface area contributed by atoms with Gasteiger partial charge in [-0.15, -0.1) is 0 Å². The molecule has 0 radical (unpaired) electrons. The van der Waals surface area contributed by atoms with Gasteiger partial charge in [0, 0.05) is 5.39 Å². The van der Waals surface area contributed by atoms with Crippen LogP contribution in [0.15, 0.2) is 42.5 Å². The first-order chi connectivity index (χ1) is 8.71. The molecule has 2 aromatic rings. The van der Waals surface area contributed by atoms with E-state index in [1.54, 1.807) is 24.3 Å². The van der Waals surface area contributed by atoms with E-state index in [4.69, 9.17) is 0 Å². The van der Waals surface area contributed by atoms with Crippen LogP contribution in [0, 0.1) is 0 Å². The van der Waals surface area contributed by atoms with E-state index in [0.29, 0.717) is 10.8 Å². The summed E-state index contributed by atoms with van der Waals surface area (Å²) in [5.74, 6) is 0. The lowest BCUT2D eigenvalue weighted by Gasteiger charge is -2.26. The Balaban J connectivity index is 2.78. The summed E-state index contributed by atoms with van der Waals surface area (Å²) in [6.07, 6.45) is 0. The fourth-order valence-electron chi connectivity index (χ4n) is 1.82. The minimum Gasteiger partial charge on any atom is -0.308 e. The first kappa shape index (κ1) is 14.2. The van der Waals surface area contributed by atoms with E-state index in [-0.39, 0.29) is 10.1 Å². The van der Waals surface area contributed by atoms with E-state index in [1.807, 2.05) is 0 Å². The van der Waals surface area contributed by atoms with Crippen LogP contribution in [0.2, 0.25) is 0 Å². The van der Waals surface area contributed by atoms with Gasteiger partial charge in [0.05, 0.1) is 5.69 Å². The van der Waals surface area contributed by atoms with Gasteiger partial charge in [-0.2, -0.15) is 4.44 Å². The monoisotopic (exact) mass is 303 g/mol. The Kier molecular flexibility index (Phi) is 3.53. The van der Waals surface area contributed by atoms with E-state index >= 15 is 0 Å². The zero-order chi connectivity index (χ0) is 14.3. The molecule has 0 unspecified atom stereocenters. The number of nitrogens with zero attached hydrogens (tertiary/aromatic N) is 1. The summed E-state index contributed by atoms with van der Waals surface area (Å²) < 4.78 is 22.6. The van der Waals surface area contributed by atoms with Crippen molar-refractivity contribution in [2.75, 3.05) is 4.44 Å². The molecule has 0 aliphatic rings. The lowest BCUT2D eigenvalue weighted by molar-refractivity contribution is 0.350. The van der Waals surface area contributed by atoms with Gasteiger partial charge in [0.1, 0.15) is 0 Å². The molecule has 0 bridgehead atoms. The Bertz CT molecular complexity index is 679. The Morgan fingerprint density at radius 1 is 0.789 bits per heavy atom. The second kappa shape index (κ2) is 4.72. The first-order valence-corrected chi connectivity index (χ1v) is 8.24. The van der Waals surface area contributed by atoms with Crippen molar-refractivity contribution >= 4 is 32.0 Å². The standard InChI is InChI=1S/C10H11NO6P2/c12-18(13,14)11(19(15,16)17)10-7-3-5-8-4-1-2-6-9(8)10/h1-7H,(H2,12,13,14)(H2,15,16,17). The van der Waals surface area contributed by atoms with E-state index in [9.17, 15) is 28.7 Å². The molecule has 0 fully saturated rings. The largest absolute Gasteiger partial charge is 0.439 e. The van der Waals surface area contributed by atoms with Gasteiger partial charge in [-0.1, -0.05) is 36.4 Å². The molecule has 102 valence electrons. The lowest BCUT2D eigenvalue weighted by atomic mass is 10.1. The number of hydrogen-bond acceptors (Lipinski definition) is 2. The zero-order valence-electron chi connectivity index (χ0n) is 9.49. The summed E-state index contributed by atoms with van der Waals surface area (Å²) in [6, 6.07) is 10.9. The highest BCUT2D eigenvalue weighted by Gasteiger charge is 2.40. The molecule has 2 rings (SSSR count). The highest BCUT2D eigenvalue weighted by molar-refractivity contribution is 7.72. The summed E-state index contributed by atoms with van der Waals surface area (Å²) >= 11 is 0. The Morgan fingerprint density at radius 2 is 1.32 bits per heavy atom. The Hall–Kier alpha value is -1.20. The summed E-state index contributed by atoms with van der Waals surface area (Å²) in [5.41, 5.74) is -0.209. The maximum Gasteiger partial charge on any atom is 0.439 e. The molecular weight excluding hydrogens is 292 g/mol. The Labute approximate surface area is 108 Å². The van der Waals surface area contributed by atoms with Crippen molar-refractivity contribution in [3.8, 4) is 0 Å². The summed E-state index contributed by atoms with van der Waals surface area (Å²) in [6.45, 7) is 0. The van der Waals surface area contributed by atoms with Crippen LogP contribution >= 0.6 is 15.5 Å². The number of hydrogen-bond donors (Lipinski definition) is 4. The van der Waals surface area contributed by atoms with Crippen LogP contribution in [0.1, 0.15) is 0 Å². The molecule has 4 N–H and O–H groups in total. The highest BCUT2D eigenvalue weighted by atomic mass is 31.3. The van der Waals surface area contributed by atoms with Crippen LogP contribution < -0.4 is 4.44 Å². The van der Waals surface area contributed by atoms with Gasteiger partial charge in [-0.25, -0.2) is 9.13 Å². The molecule has 19 heavy (non-hydrogen) atoms.